The highest BCUT2D eigenvalue weighted by atomic mass is 16.5. The van der Waals surface area contributed by atoms with Gasteiger partial charge in [-0.3, -0.25) is 4.79 Å². The Morgan fingerprint density at radius 2 is 2.19 bits per heavy atom. The van der Waals surface area contributed by atoms with E-state index in [-0.39, 0.29) is 17.5 Å². The van der Waals surface area contributed by atoms with E-state index < -0.39 is 5.41 Å². The molecule has 16 heavy (non-hydrogen) atoms. The van der Waals surface area contributed by atoms with Gasteiger partial charge in [-0.25, -0.2) is 4.79 Å². The Balaban J connectivity index is 2.24. The van der Waals surface area contributed by atoms with Gasteiger partial charge in [-0.1, -0.05) is 6.92 Å². The second-order valence-corrected chi connectivity index (χ2v) is 4.83. The predicted molar refractivity (Wildman–Crippen MR) is 55.7 cm³/mol. The summed E-state index contributed by atoms with van der Waals surface area (Å²) in [6.07, 6.45) is 0.571. The maximum Gasteiger partial charge on any atom is 0.343 e. The summed E-state index contributed by atoms with van der Waals surface area (Å²) in [6, 6.07) is 1.73. The molecule has 2 atom stereocenters. The SMILES string of the molecule is Cc1cc2c(c(=O)o1)[C@@]1(C)CC(=O)C[C@H]1O2. The van der Waals surface area contributed by atoms with Gasteiger partial charge in [0.2, 0.25) is 0 Å². The van der Waals surface area contributed by atoms with Gasteiger partial charge in [0.25, 0.3) is 0 Å². The zero-order chi connectivity index (χ0) is 11.5. The van der Waals surface area contributed by atoms with Crippen LogP contribution >= 0.6 is 0 Å². The maximum absolute atomic E-state index is 11.8. The van der Waals surface area contributed by atoms with E-state index >= 15 is 0 Å². The molecule has 1 fully saturated rings. The van der Waals surface area contributed by atoms with Crippen LogP contribution in [0.4, 0.5) is 0 Å². The molecule has 0 bridgehead atoms. The van der Waals surface area contributed by atoms with Crippen molar-refractivity contribution in [2.45, 2.75) is 38.2 Å². The molecule has 4 nitrogen and oxygen atoms in total. The molecular weight excluding hydrogens is 208 g/mol. The third-order valence-electron chi connectivity index (χ3n) is 3.57. The molecule has 0 unspecified atom stereocenters. The highest BCUT2D eigenvalue weighted by Gasteiger charge is 2.54. The topological polar surface area (TPSA) is 56.5 Å². The quantitative estimate of drug-likeness (QED) is 0.661. The number of hydrogen-bond acceptors (Lipinski definition) is 4. The fraction of sp³-hybridized carbons (Fsp3) is 0.500. The smallest absolute Gasteiger partial charge is 0.343 e. The minimum atomic E-state index is -0.485. The van der Waals surface area contributed by atoms with Crippen LogP contribution in [0.3, 0.4) is 0 Å². The number of fused-ring (bicyclic) bond motifs is 3. The van der Waals surface area contributed by atoms with Crippen molar-refractivity contribution in [2.24, 2.45) is 0 Å². The van der Waals surface area contributed by atoms with E-state index in [0.29, 0.717) is 29.9 Å². The van der Waals surface area contributed by atoms with Gasteiger partial charge in [-0.15, -0.1) is 0 Å². The van der Waals surface area contributed by atoms with Crippen LogP contribution in [0.15, 0.2) is 15.3 Å². The van der Waals surface area contributed by atoms with Gasteiger partial charge in [0, 0.05) is 24.3 Å². The summed E-state index contributed by atoms with van der Waals surface area (Å²) in [5.74, 6) is 1.28. The molecule has 0 N–H and O–H groups in total. The fourth-order valence-electron chi connectivity index (χ4n) is 2.79. The Bertz CT molecular complexity index is 542. The molecule has 0 saturated heterocycles. The molecule has 0 aromatic carbocycles. The number of ketones is 1. The monoisotopic (exact) mass is 220 g/mol. The summed E-state index contributed by atoms with van der Waals surface area (Å²) in [6.45, 7) is 3.62. The standard InChI is InChI=1S/C12H12O4/c1-6-3-8-10(11(14)15-6)12(2)5-7(13)4-9(12)16-8/h3,9H,4-5H2,1-2H3/t9-,12+/m1/s1. The summed E-state index contributed by atoms with van der Waals surface area (Å²) < 4.78 is 10.8. The zero-order valence-corrected chi connectivity index (χ0v) is 9.20. The Hall–Kier alpha value is -1.58. The fourth-order valence-corrected chi connectivity index (χ4v) is 2.79. The van der Waals surface area contributed by atoms with E-state index in [1.54, 1.807) is 13.0 Å². The number of carbonyl (C=O) groups is 1. The lowest BCUT2D eigenvalue weighted by atomic mass is 9.81. The first kappa shape index (κ1) is 9.63. The lowest BCUT2D eigenvalue weighted by Gasteiger charge is -2.19. The van der Waals surface area contributed by atoms with Crippen LogP contribution in [0.1, 0.15) is 31.1 Å². The van der Waals surface area contributed by atoms with Crippen molar-refractivity contribution in [1.29, 1.82) is 0 Å². The van der Waals surface area contributed by atoms with Gasteiger partial charge in [0.15, 0.2) is 0 Å². The van der Waals surface area contributed by atoms with Crippen molar-refractivity contribution in [3.05, 3.63) is 27.8 Å². The lowest BCUT2D eigenvalue weighted by molar-refractivity contribution is -0.118. The second-order valence-electron chi connectivity index (χ2n) is 4.83. The molecule has 1 aromatic heterocycles. The molecule has 0 spiro atoms. The molecule has 1 aliphatic carbocycles. The summed E-state index contributed by atoms with van der Waals surface area (Å²) in [5, 5.41) is 0. The molecule has 3 rings (SSSR count). The van der Waals surface area contributed by atoms with Crippen molar-refractivity contribution in [3.63, 3.8) is 0 Å². The summed E-state index contributed by atoms with van der Waals surface area (Å²) >= 11 is 0. The van der Waals surface area contributed by atoms with Crippen molar-refractivity contribution >= 4 is 5.78 Å². The van der Waals surface area contributed by atoms with Crippen LogP contribution in [0, 0.1) is 6.92 Å². The molecule has 2 aliphatic rings. The number of aryl methyl sites for hydroxylation is 1. The van der Waals surface area contributed by atoms with Gasteiger partial charge < -0.3 is 9.15 Å². The summed E-state index contributed by atoms with van der Waals surface area (Å²) in [5.41, 5.74) is -0.315. The van der Waals surface area contributed by atoms with E-state index in [2.05, 4.69) is 0 Å². The largest absolute Gasteiger partial charge is 0.488 e. The van der Waals surface area contributed by atoms with Crippen LogP contribution in [0.25, 0.3) is 0 Å². The van der Waals surface area contributed by atoms with Crippen LogP contribution < -0.4 is 10.4 Å². The normalized spacial score (nSPS) is 31.1. The predicted octanol–water partition coefficient (Wildman–Crippen LogP) is 1.33. The molecular formula is C12H12O4. The number of Topliss-reactive ketones (excluding diaryl/α,β-unsaturated/α-hetero) is 1. The van der Waals surface area contributed by atoms with Crippen molar-refractivity contribution in [1.82, 2.24) is 0 Å². The molecule has 0 amide bonds. The van der Waals surface area contributed by atoms with E-state index in [4.69, 9.17) is 9.15 Å². The first-order valence-electron chi connectivity index (χ1n) is 5.34. The van der Waals surface area contributed by atoms with Crippen LogP contribution in [0.5, 0.6) is 5.75 Å². The van der Waals surface area contributed by atoms with Crippen molar-refractivity contribution in [3.8, 4) is 5.75 Å². The van der Waals surface area contributed by atoms with Gasteiger partial charge in [-0.2, -0.15) is 0 Å². The Kier molecular flexibility index (Phi) is 1.66. The molecule has 1 aromatic rings. The third kappa shape index (κ3) is 1.04. The molecule has 84 valence electrons. The van der Waals surface area contributed by atoms with Crippen molar-refractivity contribution in [2.75, 3.05) is 0 Å². The van der Waals surface area contributed by atoms with Gasteiger partial charge in [-0.05, 0) is 6.92 Å². The molecule has 1 saturated carbocycles. The Morgan fingerprint density at radius 1 is 1.44 bits per heavy atom. The van der Waals surface area contributed by atoms with E-state index in [1.165, 1.54) is 0 Å². The van der Waals surface area contributed by atoms with Gasteiger partial charge >= 0.3 is 5.63 Å². The first-order chi connectivity index (χ1) is 7.50. The van der Waals surface area contributed by atoms with Gasteiger partial charge in [0.1, 0.15) is 23.4 Å². The van der Waals surface area contributed by atoms with E-state index in [1.807, 2.05) is 6.92 Å². The molecule has 2 heterocycles. The van der Waals surface area contributed by atoms with Crippen LogP contribution in [-0.2, 0) is 10.2 Å². The van der Waals surface area contributed by atoms with E-state index in [0.717, 1.165) is 0 Å². The Morgan fingerprint density at radius 3 is 2.94 bits per heavy atom. The number of carbonyl (C=O) groups excluding carboxylic acids is 1. The lowest BCUT2D eigenvalue weighted by Crippen LogP contribution is -2.32. The number of hydrogen-bond donors (Lipinski definition) is 0. The first-order valence-corrected chi connectivity index (χ1v) is 5.34. The minimum absolute atomic E-state index is 0.151. The Labute approximate surface area is 92.2 Å². The highest BCUT2D eigenvalue weighted by Crippen LogP contribution is 2.48. The molecule has 1 aliphatic heterocycles. The third-order valence-corrected chi connectivity index (χ3v) is 3.57. The highest BCUT2D eigenvalue weighted by molar-refractivity contribution is 5.84. The number of rotatable bonds is 0. The van der Waals surface area contributed by atoms with Crippen molar-refractivity contribution < 1.29 is 13.9 Å². The van der Waals surface area contributed by atoms with Crippen LogP contribution in [0.2, 0.25) is 0 Å². The minimum Gasteiger partial charge on any atom is -0.488 e. The molecule has 0 radical (unpaired) electrons. The maximum atomic E-state index is 11.8. The summed E-state index contributed by atoms with van der Waals surface area (Å²) in [7, 11) is 0. The summed E-state index contributed by atoms with van der Waals surface area (Å²) in [4.78, 5) is 23.3. The second kappa shape index (κ2) is 2.75. The average Bonchev–Trinajstić information content (AvgIpc) is 2.52. The molecule has 4 heteroatoms. The van der Waals surface area contributed by atoms with Crippen LogP contribution in [-0.4, -0.2) is 11.9 Å². The zero-order valence-electron chi connectivity index (χ0n) is 9.20. The average molecular weight is 220 g/mol. The number of ether oxygens (including phenoxy) is 1. The van der Waals surface area contributed by atoms with E-state index in [9.17, 15) is 9.59 Å². The van der Waals surface area contributed by atoms with Gasteiger partial charge in [0.05, 0.1) is 5.56 Å².